The van der Waals surface area contributed by atoms with Crippen LogP contribution < -0.4 is 5.32 Å². The molecule has 0 aliphatic carbocycles. The number of nitrogens with zero attached hydrogens (tertiary/aromatic N) is 2. The third kappa shape index (κ3) is 2.99. The maximum Gasteiger partial charge on any atom is 0.307 e. The molecule has 2 N–H and O–H groups in total. The summed E-state index contributed by atoms with van der Waals surface area (Å²) in [7, 11) is 0. The molecule has 0 saturated carbocycles. The van der Waals surface area contributed by atoms with Crippen LogP contribution in [-0.4, -0.2) is 26.4 Å². The monoisotopic (exact) mass is 323 g/mol. The van der Waals surface area contributed by atoms with Gasteiger partial charge in [0.15, 0.2) is 0 Å². The number of carbonyl (C=O) groups excluding carboxylic acids is 1. The fraction of sp³-hybridized carbons (Fsp3) is 0.167. The van der Waals surface area contributed by atoms with E-state index in [1.54, 1.807) is 35.6 Å². The Morgan fingerprint density at radius 3 is 2.54 bits per heavy atom. The van der Waals surface area contributed by atoms with Gasteiger partial charge in [0.25, 0.3) is 5.91 Å². The van der Waals surface area contributed by atoms with Gasteiger partial charge >= 0.3 is 5.97 Å². The molecule has 2 heterocycles. The molecular weight excluding hydrogens is 306 g/mol. The van der Waals surface area contributed by atoms with Gasteiger partial charge < -0.3 is 10.4 Å². The first-order valence-corrected chi connectivity index (χ1v) is 7.52. The van der Waals surface area contributed by atoms with Crippen LogP contribution in [0.4, 0.5) is 5.69 Å². The normalized spacial score (nSPS) is 10.8. The van der Waals surface area contributed by atoms with Crippen LogP contribution in [0.25, 0.3) is 5.65 Å². The Bertz CT molecular complexity index is 927. The van der Waals surface area contributed by atoms with Crippen LogP contribution in [-0.2, 0) is 11.2 Å². The van der Waals surface area contributed by atoms with Crippen molar-refractivity contribution in [1.29, 1.82) is 0 Å². The predicted octanol–water partition coefficient (Wildman–Crippen LogP) is 2.83. The van der Waals surface area contributed by atoms with Crippen LogP contribution in [0.5, 0.6) is 0 Å². The Labute approximate surface area is 138 Å². The quantitative estimate of drug-likeness (QED) is 0.773. The number of nitrogens with one attached hydrogen (secondary N) is 1. The van der Waals surface area contributed by atoms with Gasteiger partial charge in [0.1, 0.15) is 11.3 Å². The number of aliphatic carboxylic acids is 1. The summed E-state index contributed by atoms with van der Waals surface area (Å²) in [5.74, 6) is -1.14. The third-order valence-corrected chi connectivity index (χ3v) is 3.80. The fourth-order valence-corrected chi connectivity index (χ4v) is 2.66. The summed E-state index contributed by atoms with van der Waals surface area (Å²) in [6.07, 6.45) is 1.77. The number of amides is 1. The number of hydrogen-bond donors (Lipinski definition) is 2. The van der Waals surface area contributed by atoms with E-state index in [2.05, 4.69) is 10.3 Å². The molecule has 0 bridgehead atoms. The van der Waals surface area contributed by atoms with E-state index in [1.807, 2.05) is 25.3 Å². The molecule has 0 atom stereocenters. The molecule has 122 valence electrons. The highest BCUT2D eigenvalue weighted by Crippen LogP contribution is 2.17. The van der Waals surface area contributed by atoms with Gasteiger partial charge in [0.2, 0.25) is 0 Å². The molecule has 3 rings (SSSR count). The molecule has 1 amide bonds. The lowest BCUT2D eigenvalue weighted by Gasteiger charge is -2.07. The molecule has 0 unspecified atom stereocenters. The van der Waals surface area contributed by atoms with Crippen LogP contribution >= 0.6 is 0 Å². The zero-order chi connectivity index (χ0) is 17.3. The van der Waals surface area contributed by atoms with E-state index in [4.69, 9.17) is 5.11 Å². The number of fused-ring (bicyclic) bond motifs is 1. The maximum absolute atomic E-state index is 12.6. The van der Waals surface area contributed by atoms with E-state index in [0.29, 0.717) is 22.6 Å². The Morgan fingerprint density at radius 1 is 1.17 bits per heavy atom. The second-order valence-electron chi connectivity index (χ2n) is 5.65. The molecule has 0 fully saturated rings. The van der Waals surface area contributed by atoms with Crippen molar-refractivity contribution >= 4 is 23.2 Å². The Balaban J connectivity index is 1.86. The van der Waals surface area contributed by atoms with Crippen LogP contribution in [0.3, 0.4) is 0 Å². The average Bonchev–Trinajstić information content (AvgIpc) is 2.86. The van der Waals surface area contributed by atoms with Crippen molar-refractivity contribution in [2.45, 2.75) is 20.3 Å². The van der Waals surface area contributed by atoms with Crippen LogP contribution in [0.2, 0.25) is 0 Å². The Kier molecular flexibility index (Phi) is 4.04. The van der Waals surface area contributed by atoms with Crippen molar-refractivity contribution in [3.63, 3.8) is 0 Å². The van der Waals surface area contributed by atoms with Crippen molar-refractivity contribution in [3.05, 3.63) is 65.1 Å². The molecule has 0 saturated heterocycles. The number of aryl methyl sites for hydroxylation is 2. The smallest absolute Gasteiger partial charge is 0.307 e. The minimum absolute atomic E-state index is 0.0418. The van der Waals surface area contributed by atoms with E-state index in [0.717, 1.165) is 11.2 Å². The molecule has 2 aromatic heterocycles. The van der Waals surface area contributed by atoms with E-state index >= 15 is 0 Å². The molecule has 6 nitrogen and oxygen atoms in total. The first-order valence-electron chi connectivity index (χ1n) is 7.52. The topological polar surface area (TPSA) is 83.7 Å². The lowest BCUT2D eigenvalue weighted by atomic mass is 10.1. The highest BCUT2D eigenvalue weighted by Gasteiger charge is 2.17. The average molecular weight is 323 g/mol. The van der Waals surface area contributed by atoms with E-state index < -0.39 is 5.97 Å². The van der Waals surface area contributed by atoms with Gasteiger partial charge in [-0.05, 0) is 43.2 Å². The number of carbonyl (C=O) groups is 2. The lowest BCUT2D eigenvalue weighted by molar-refractivity contribution is -0.136. The minimum Gasteiger partial charge on any atom is -0.481 e. The molecule has 0 radical (unpaired) electrons. The molecule has 3 aromatic rings. The van der Waals surface area contributed by atoms with Gasteiger partial charge in [0.05, 0.1) is 12.1 Å². The van der Waals surface area contributed by atoms with Crippen molar-refractivity contribution in [3.8, 4) is 0 Å². The Hall–Kier alpha value is -3.15. The molecule has 6 heteroatoms. The second-order valence-corrected chi connectivity index (χ2v) is 5.65. The second kappa shape index (κ2) is 6.16. The maximum atomic E-state index is 12.6. The number of benzene rings is 1. The van der Waals surface area contributed by atoms with Crippen LogP contribution in [0.15, 0.2) is 42.6 Å². The van der Waals surface area contributed by atoms with Crippen LogP contribution in [0.1, 0.15) is 27.3 Å². The SMILES string of the molecule is Cc1nc2c(C)cccn2c1C(=O)Nc1ccc(CC(=O)O)cc1. The van der Waals surface area contributed by atoms with Gasteiger partial charge in [-0.2, -0.15) is 0 Å². The summed E-state index contributed by atoms with van der Waals surface area (Å²) in [4.78, 5) is 27.8. The lowest BCUT2D eigenvalue weighted by Crippen LogP contribution is -2.15. The number of carboxylic acid groups (broad SMARTS) is 1. The predicted molar refractivity (Wildman–Crippen MR) is 90.4 cm³/mol. The molecule has 0 spiro atoms. The largest absolute Gasteiger partial charge is 0.481 e. The molecular formula is C18H17N3O3. The van der Waals surface area contributed by atoms with E-state index in [9.17, 15) is 9.59 Å². The number of aromatic nitrogens is 2. The number of imidazole rings is 1. The first-order chi connectivity index (χ1) is 11.5. The number of carboxylic acids is 1. The highest BCUT2D eigenvalue weighted by atomic mass is 16.4. The van der Waals surface area contributed by atoms with Gasteiger partial charge in [-0.25, -0.2) is 4.98 Å². The van der Waals surface area contributed by atoms with Gasteiger partial charge in [-0.1, -0.05) is 18.2 Å². The first kappa shape index (κ1) is 15.7. The van der Waals surface area contributed by atoms with Gasteiger partial charge in [-0.3, -0.25) is 14.0 Å². The summed E-state index contributed by atoms with van der Waals surface area (Å²) in [5, 5.41) is 11.6. The van der Waals surface area contributed by atoms with Crippen molar-refractivity contribution < 1.29 is 14.7 Å². The van der Waals surface area contributed by atoms with Crippen molar-refractivity contribution in [2.24, 2.45) is 0 Å². The fourth-order valence-electron chi connectivity index (χ4n) is 2.66. The third-order valence-electron chi connectivity index (χ3n) is 3.80. The summed E-state index contributed by atoms with van der Waals surface area (Å²) in [6.45, 7) is 3.75. The molecule has 24 heavy (non-hydrogen) atoms. The molecule has 0 aliphatic heterocycles. The highest BCUT2D eigenvalue weighted by molar-refractivity contribution is 6.04. The summed E-state index contributed by atoms with van der Waals surface area (Å²) in [5.41, 5.74) is 4.19. The Morgan fingerprint density at radius 2 is 1.88 bits per heavy atom. The van der Waals surface area contributed by atoms with Crippen LogP contribution in [0, 0.1) is 13.8 Å². The van der Waals surface area contributed by atoms with E-state index in [1.165, 1.54) is 0 Å². The number of anilines is 1. The molecule has 0 aliphatic rings. The number of hydrogen-bond acceptors (Lipinski definition) is 3. The zero-order valence-electron chi connectivity index (χ0n) is 13.4. The van der Waals surface area contributed by atoms with Crippen molar-refractivity contribution in [1.82, 2.24) is 9.38 Å². The number of rotatable bonds is 4. The summed E-state index contributed by atoms with van der Waals surface area (Å²) < 4.78 is 1.78. The summed E-state index contributed by atoms with van der Waals surface area (Å²) >= 11 is 0. The van der Waals surface area contributed by atoms with Gasteiger partial charge in [-0.15, -0.1) is 0 Å². The standard InChI is InChI=1S/C18H17N3O3/c1-11-4-3-9-21-16(12(2)19-17(11)21)18(24)20-14-7-5-13(6-8-14)10-15(22)23/h3-9H,10H2,1-2H3,(H,20,24)(H,22,23). The van der Waals surface area contributed by atoms with Gasteiger partial charge in [0, 0.05) is 11.9 Å². The van der Waals surface area contributed by atoms with Crippen molar-refractivity contribution in [2.75, 3.05) is 5.32 Å². The summed E-state index contributed by atoms with van der Waals surface area (Å²) in [6, 6.07) is 10.6. The number of pyridine rings is 1. The zero-order valence-corrected chi connectivity index (χ0v) is 13.4. The molecule has 1 aromatic carbocycles. The van der Waals surface area contributed by atoms with E-state index in [-0.39, 0.29) is 12.3 Å². The minimum atomic E-state index is -0.886.